The fourth-order valence-electron chi connectivity index (χ4n) is 4.92. The molecule has 1 N–H and O–H groups in total. The Bertz CT molecular complexity index is 1180. The number of carbonyl (C=O) groups excluding carboxylic acids is 2. The van der Waals surface area contributed by atoms with Crippen molar-refractivity contribution in [2.45, 2.75) is 69.0 Å². The van der Waals surface area contributed by atoms with E-state index in [1.54, 1.807) is 23.8 Å². The van der Waals surface area contributed by atoms with Crippen LogP contribution in [0.2, 0.25) is 0 Å². The number of nitrogens with one attached hydrogen (secondary N) is 1. The molecule has 0 heterocycles. The topological polar surface area (TPSA) is 58.6 Å². The van der Waals surface area contributed by atoms with Crippen molar-refractivity contribution in [3.63, 3.8) is 0 Å². The summed E-state index contributed by atoms with van der Waals surface area (Å²) in [6.07, 6.45) is 5.10. The fourth-order valence-corrected chi connectivity index (χ4v) is 5.76. The van der Waals surface area contributed by atoms with Gasteiger partial charge in [-0.15, -0.1) is 11.8 Å². The number of aryl methyl sites for hydroxylation is 1. The highest BCUT2D eigenvalue weighted by Crippen LogP contribution is 2.23. The van der Waals surface area contributed by atoms with Gasteiger partial charge in [0, 0.05) is 36.1 Å². The van der Waals surface area contributed by atoms with Crippen molar-refractivity contribution < 1.29 is 14.3 Å². The van der Waals surface area contributed by atoms with Crippen molar-refractivity contribution in [3.05, 3.63) is 95.6 Å². The summed E-state index contributed by atoms with van der Waals surface area (Å²) in [4.78, 5) is 30.5. The summed E-state index contributed by atoms with van der Waals surface area (Å²) >= 11 is 1.67. The number of methoxy groups -OCH3 is 1. The van der Waals surface area contributed by atoms with Gasteiger partial charge in [-0.25, -0.2) is 0 Å². The summed E-state index contributed by atoms with van der Waals surface area (Å²) in [5.74, 6) is 1.30. The Morgan fingerprint density at radius 1 is 0.974 bits per heavy atom. The molecule has 1 atom stereocenters. The van der Waals surface area contributed by atoms with Crippen LogP contribution in [0.1, 0.15) is 48.8 Å². The molecule has 200 valence electrons. The predicted molar refractivity (Wildman–Crippen MR) is 154 cm³/mol. The summed E-state index contributed by atoms with van der Waals surface area (Å²) in [6, 6.07) is 25.7. The number of ether oxygens (including phenoxy) is 1. The summed E-state index contributed by atoms with van der Waals surface area (Å²) in [7, 11) is 1.64. The van der Waals surface area contributed by atoms with Crippen LogP contribution in [0.25, 0.3) is 0 Å². The van der Waals surface area contributed by atoms with Crippen LogP contribution in [0.5, 0.6) is 5.75 Å². The van der Waals surface area contributed by atoms with Gasteiger partial charge in [-0.1, -0.05) is 73.0 Å². The number of hydrogen-bond donors (Lipinski definition) is 1. The van der Waals surface area contributed by atoms with Crippen LogP contribution in [-0.4, -0.2) is 41.7 Å². The Morgan fingerprint density at radius 2 is 1.68 bits per heavy atom. The third kappa shape index (κ3) is 8.12. The van der Waals surface area contributed by atoms with Crippen molar-refractivity contribution in [1.29, 1.82) is 0 Å². The average molecular weight is 531 g/mol. The minimum atomic E-state index is -0.596. The van der Waals surface area contributed by atoms with Crippen molar-refractivity contribution in [3.8, 4) is 5.75 Å². The first-order chi connectivity index (χ1) is 18.5. The average Bonchev–Trinajstić information content (AvgIpc) is 3.45. The van der Waals surface area contributed by atoms with E-state index in [1.807, 2.05) is 54.6 Å². The molecule has 38 heavy (non-hydrogen) atoms. The Balaban J connectivity index is 1.57. The van der Waals surface area contributed by atoms with Crippen LogP contribution in [0.15, 0.2) is 83.8 Å². The zero-order valence-corrected chi connectivity index (χ0v) is 23.2. The standard InChI is InChI=1S/C32H38N2O3S/c1-24-15-17-29(18-16-24)38-20-19-31(35)34(23-26-11-8-14-28(21-26)37-2)30(22-25-9-4-3-5-10-25)32(36)33-27-12-6-7-13-27/h3-5,8-11,14-18,21,27,30H,6-7,12-13,19-20,22-23H2,1-2H3,(H,33,36). The van der Waals surface area contributed by atoms with Crippen molar-refractivity contribution >= 4 is 23.6 Å². The lowest BCUT2D eigenvalue weighted by atomic mass is 10.0. The van der Waals surface area contributed by atoms with E-state index in [2.05, 4.69) is 36.5 Å². The van der Waals surface area contributed by atoms with Gasteiger partial charge in [0.1, 0.15) is 11.8 Å². The summed E-state index contributed by atoms with van der Waals surface area (Å²) in [6.45, 7) is 2.42. The molecule has 3 aromatic rings. The van der Waals surface area contributed by atoms with Gasteiger partial charge in [0.15, 0.2) is 0 Å². The third-order valence-corrected chi connectivity index (χ3v) is 8.08. The Hall–Kier alpha value is -3.25. The van der Waals surface area contributed by atoms with Gasteiger partial charge in [-0.05, 0) is 55.2 Å². The molecule has 0 aliphatic heterocycles. The largest absolute Gasteiger partial charge is 0.497 e. The first-order valence-electron chi connectivity index (χ1n) is 13.5. The lowest BCUT2D eigenvalue weighted by molar-refractivity contribution is -0.141. The molecule has 0 radical (unpaired) electrons. The zero-order valence-electron chi connectivity index (χ0n) is 22.4. The second-order valence-corrected chi connectivity index (χ2v) is 11.1. The van der Waals surface area contributed by atoms with E-state index >= 15 is 0 Å². The molecule has 3 aromatic carbocycles. The van der Waals surface area contributed by atoms with Gasteiger partial charge < -0.3 is 15.0 Å². The lowest BCUT2D eigenvalue weighted by Gasteiger charge is -2.32. The van der Waals surface area contributed by atoms with Gasteiger partial charge in [-0.2, -0.15) is 0 Å². The summed E-state index contributed by atoms with van der Waals surface area (Å²) in [5, 5.41) is 3.27. The highest BCUT2D eigenvalue weighted by atomic mass is 32.2. The van der Waals surface area contributed by atoms with Crippen molar-refractivity contribution in [1.82, 2.24) is 10.2 Å². The smallest absolute Gasteiger partial charge is 0.243 e. The first-order valence-corrected chi connectivity index (χ1v) is 14.5. The number of carbonyl (C=O) groups is 2. The van der Waals surface area contributed by atoms with Gasteiger partial charge in [-0.3, -0.25) is 9.59 Å². The van der Waals surface area contributed by atoms with Crippen LogP contribution in [-0.2, 0) is 22.6 Å². The van der Waals surface area contributed by atoms with E-state index in [0.29, 0.717) is 25.1 Å². The maximum Gasteiger partial charge on any atom is 0.243 e. The van der Waals surface area contributed by atoms with Crippen molar-refractivity contribution in [2.24, 2.45) is 0 Å². The highest BCUT2D eigenvalue weighted by Gasteiger charge is 2.32. The molecule has 4 rings (SSSR count). The highest BCUT2D eigenvalue weighted by molar-refractivity contribution is 7.99. The van der Waals surface area contributed by atoms with E-state index in [-0.39, 0.29) is 17.9 Å². The monoisotopic (exact) mass is 530 g/mol. The number of amides is 2. The number of thioether (sulfide) groups is 1. The van der Waals surface area contributed by atoms with E-state index in [4.69, 9.17) is 4.74 Å². The van der Waals surface area contributed by atoms with E-state index in [0.717, 1.165) is 47.5 Å². The van der Waals surface area contributed by atoms with Gasteiger partial charge in [0.05, 0.1) is 7.11 Å². The van der Waals surface area contributed by atoms with E-state index < -0.39 is 6.04 Å². The Labute approximate surface area is 231 Å². The predicted octanol–water partition coefficient (Wildman–Crippen LogP) is 6.18. The number of nitrogens with zero attached hydrogens (tertiary/aromatic N) is 1. The van der Waals surface area contributed by atoms with Gasteiger partial charge in [0.25, 0.3) is 0 Å². The van der Waals surface area contributed by atoms with Crippen LogP contribution in [0.4, 0.5) is 0 Å². The molecule has 6 heteroatoms. The molecule has 5 nitrogen and oxygen atoms in total. The number of rotatable bonds is 12. The minimum Gasteiger partial charge on any atom is -0.497 e. The Morgan fingerprint density at radius 3 is 2.39 bits per heavy atom. The molecule has 1 saturated carbocycles. The van der Waals surface area contributed by atoms with Crippen LogP contribution < -0.4 is 10.1 Å². The number of benzene rings is 3. The van der Waals surface area contributed by atoms with Crippen LogP contribution >= 0.6 is 11.8 Å². The molecule has 0 bridgehead atoms. The fraction of sp³-hybridized carbons (Fsp3) is 0.375. The lowest BCUT2D eigenvalue weighted by Crippen LogP contribution is -2.52. The molecule has 0 spiro atoms. The zero-order chi connectivity index (χ0) is 26.7. The van der Waals surface area contributed by atoms with E-state index in [1.165, 1.54) is 5.56 Å². The summed E-state index contributed by atoms with van der Waals surface area (Å²) in [5.41, 5.74) is 3.19. The third-order valence-electron chi connectivity index (χ3n) is 7.07. The minimum absolute atomic E-state index is 0.0186. The quantitative estimate of drug-likeness (QED) is 0.284. The molecular weight excluding hydrogens is 492 g/mol. The SMILES string of the molecule is COc1cccc(CN(C(=O)CCSc2ccc(C)cc2)C(Cc2ccccc2)C(=O)NC2CCCC2)c1. The Kier molecular flexibility index (Phi) is 10.3. The molecule has 0 saturated heterocycles. The normalized spacial score (nSPS) is 14.2. The maximum atomic E-state index is 13.8. The second kappa shape index (κ2) is 14.1. The summed E-state index contributed by atoms with van der Waals surface area (Å²) < 4.78 is 5.43. The van der Waals surface area contributed by atoms with Crippen LogP contribution in [0.3, 0.4) is 0 Å². The van der Waals surface area contributed by atoms with Gasteiger partial charge in [0.2, 0.25) is 11.8 Å². The molecule has 1 unspecified atom stereocenters. The van der Waals surface area contributed by atoms with E-state index in [9.17, 15) is 9.59 Å². The molecule has 1 fully saturated rings. The maximum absolute atomic E-state index is 13.8. The van der Waals surface area contributed by atoms with Crippen molar-refractivity contribution in [2.75, 3.05) is 12.9 Å². The molecule has 0 aromatic heterocycles. The number of hydrogen-bond acceptors (Lipinski definition) is 4. The molecule has 1 aliphatic carbocycles. The first kappa shape index (κ1) is 27.8. The molecule has 1 aliphatic rings. The van der Waals surface area contributed by atoms with Gasteiger partial charge >= 0.3 is 0 Å². The molecular formula is C32H38N2O3S. The second-order valence-electron chi connectivity index (χ2n) is 9.98. The van der Waals surface area contributed by atoms with Crippen LogP contribution in [0, 0.1) is 6.92 Å². The molecule has 2 amide bonds.